The van der Waals surface area contributed by atoms with Crippen LogP contribution in [0.1, 0.15) is 0 Å². The van der Waals surface area contributed by atoms with Gasteiger partial charge < -0.3 is 0 Å². The molecule has 15 heteroatoms. The third kappa shape index (κ3) is 2.20. The summed E-state index contributed by atoms with van der Waals surface area (Å²) < 4.78 is 163. The molecule has 1 heterocycles. The van der Waals surface area contributed by atoms with E-state index in [0.717, 1.165) is 0 Å². The van der Waals surface area contributed by atoms with Crippen molar-refractivity contribution in [3.05, 3.63) is 0 Å². The highest BCUT2D eigenvalue weighted by Gasteiger charge is 2.91. The van der Waals surface area contributed by atoms with Gasteiger partial charge in [-0.25, -0.2) is 0 Å². The molecule has 0 aromatic carbocycles. The first-order valence-electron chi connectivity index (χ1n) is 4.29. The van der Waals surface area contributed by atoms with Crippen molar-refractivity contribution in [2.24, 2.45) is 0 Å². The van der Waals surface area contributed by atoms with Crippen molar-refractivity contribution in [1.82, 2.24) is 4.90 Å². The van der Waals surface area contributed by atoms with Crippen LogP contribution in [0.2, 0.25) is 0 Å². The molecule has 2 nitrogen and oxygen atoms in total. The third-order valence-electron chi connectivity index (χ3n) is 2.15. The second-order valence-electron chi connectivity index (χ2n) is 3.59. The maximum Gasteiger partial charge on any atom is 0.469 e. The van der Waals surface area contributed by atoms with Crippen LogP contribution < -0.4 is 0 Å². The van der Waals surface area contributed by atoms with Gasteiger partial charge in [0, 0.05) is 0 Å². The highest BCUT2D eigenvalue weighted by atomic mass is 19.4. The maximum absolute atomic E-state index is 13.1. The van der Waals surface area contributed by atoms with Crippen LogP contribution in [0.25, 0.3) is 0 Å². The second kappa shape index (κ2) is 4.05. The summed E-state index contributed by atoms with van der Waals surface area (Å²) in [5, 5.41) is 0. The number of ether oxygens (including phenoxy) is 1. The molecule has 0 amide bonds. The fraction of sp³-hybridized carbons (Fsp3) is 1.00. The summed E-state index contributed by atoms with van der Waals surface area (Å²) in [5.41, 5.74) is 0. The zero-order chi connectivity index (χ0) is 17.3. The van der Waals surface area contributed by atoms with Gasteiger partial charge in [-0.3, -0.25) is 4.74 Å². The predicted molar refractivity (Wildman–Crippen MR) is 33.7 cm³/mol. The molecule has 1 unspecified atom stereocenters. The summed E-state index contributed by atoms with van der Waals surface area (Å²) in [6.45, 7) is 0. The van der Waals surface area contributed by atoms with E-state index >= 15 is 0 Å². The van der Waals surface area contributed by atoms with Gasteiger partial charge in [0.05, 0.1) is 0 Å². The van der Waals surface area contributed by atoms with Crippen molar-refractivity contribution in [3.8, 4) is 0 Å². The third-order valence-corrected chi connectivity index (χ3v) is 2.15. The number of hydrogen-bond acceptors (Lipinski definition) is 2. The number of rotatable bonds is 1. The Morgan fingerprint density at radius 3 is 1.38 bits per heavy atom. The van der Waals surface area contributed by atoms with E-state index < -0.39 is 41.4 Å². The van der Waals surface area contributed by atoms with Gasteiger partial charge in [0.15, 0.2) is 0 Å². The van der Waals surface area contributed by atoms with Gasteiger partial charge in [-0.1, -0.05) is 0 Å². The zero-order valence-electron chi connectivity index (χ0n) is 8.77. The maximum atomic E-state index is 13.1. The van der Waals surface area contributed by atoms with Crippen LogP contribution in [0.4, 0.5) is 57.1 Å². The van der Waals surface area contributed by atoms with Gasteiger partial charge in [-0.05, 0) is 0 Å². The Hall–Kier alpha value is -0.990. The Balaban J connectivity index is 3.63. The first-order valence-corrected chi connectivity index (χ1v) is 4.29. The molecule has 1 atom stereocenters. The molecule has 0 saturated carbocycles. The monoisotopic (exact) mass is 349 g/mol. The van der Waals surface area contributed by atoms with Crippen LogP contribution in [0.5, 0.6) is 0 Å². The minimum atomic E-state index is -7.32. The van der Waals surface area contributed by atoms with Gasteiger partial charge in [-0.15, -0.1) is 4.90 Å². The Labute approximate surface area is 105 Å². The van der Waals surface area contributed by atoms with Gasteiger partial charge in [0.1, 0.15) is 0 Å². The van der Waals surface area contributed by atoms with Crippen LogP contribution >= 0.6 is 0 Å². The van der Waals surface area contributed by atoms with Crippen molar-refractivity contribution in [3.63, 3.8) is 0 Å². The molecule has 0 N–H and O–H groups in total. The van der Waals surface area contributed by atoms with Crippen LogP contribution in [-0.4, -0.2) is 41.4 Å². The molecule has 0 radical (unpaired) electrons. The molecule has 1 fully saturated rings. The van der Waals surface area contributed by atoms with E-state index in [1.807, 2.05) is 4.74 Å². The molecule has 0 aromatic heterocycles. The number of nitrogens with zero attached hydrogens (tertiary/aromatic N) is 1. The average Bonchev–Trinajstić information content (AvgIpc) is 2.25. The average molecular weight is 349 g/mol. The minimum absolute atomic E-state index is 1.88. The summed E-state index contributed by atoms with van der Waals surface area (Å²) in [4.78, 5) is -3.69. The molecule has 0 aliphatic carbocycles. The Bertz CT molecular complexity index is 423. The molecule has 1 aliphatic heterocycles. The Morgan fingerprint density at radius 2 is 1.10 bits per heavy atom. The van der Waals surface area contributed by atoms with E-state index in [1.165, 1.54) is 0 Å². The fourth-order valence-corrected chi connectivity index (χ4v) is 1.26. The van der Waals surface area contributed by atoms with Crippen molar-refractivity contribution in [1.29, 1.82) is 0 Å². The van der Waals surface area contributed by atoms with E-state index in [1.54, 1.807) is 0 Å². The molecule has 0 spiro atoms. The summed E-state index contributed by atoms with van der Waals surface area (Å²) in [7, 11) is 0. The lowest BCUT2D eigenvalue weighted by atomic mass is 10.3. The van der Waals surface area contributed by atoms with E-state index in [9.17, 15) is 57.1 Å². The van der Waals surface area contributed by atoms with Crippen molar-refractivity contribution >= 4 is 0 Å². The molecule has 1 rings (SSSR count). The van der Waals surface area contributed by atoms with Gasteiger partial charge in [0.2, 0.25) is 0 Å². The molecule has 21 heavy (non-hydrogen) atoms. The minimum Gasteiger partial charge on any atom is -0.255 e. The van der Waals surface area contributed by atoms with Crippen LogP contribution in [-0.2, 0) is 4.74 Å². The summed E-state index contributed by atoms with van der Waals surface area (Å²) in [5.74, 6) is -6.78. The topological polar surface area (TPSA) is 12.5 Å². The molecule has 0 aromatic rings. The smallest absolute Gasteiger partial charge is 0.255 e. The fourth-order valence-electron chi connectivity index (χ4n) is 1.26. The van der Waals surface area contributed by atoms with Gasteiger partial charge in [-0.2, -0.15) is 57.1 Å². The normalized spacial score (nSPS) is 30.7. The quantitative estimate of drug-likeness (QED) is 0.527. The summed E-state index contributed by atoms with van der Waals surface area (Å²) in [6.07, 6.45) is -20.9. The Kier molecular flexibility index (Phi) is 3.48. The van der Waals surface area contributed by atoms with E-state index in [0.29, 0.717) is 0 Å². The molecule has 1 saturated heterocycles. The van der Waals surface area contributed by atoms with E-state index in [2.05, 4.69) is 0 Å². The van der Waals surface area contributed by atoms with E-state index in [4.69, 9.17) is 0 Å². The molecular formula is C6F13NO. The van der Waals surface area contributed by atoms with Gasteiger partial charge in [0.25, 0.3) is 0 Å². The molecular weight excluding hydrogens is 349 g/mol. The lowest BCUT2D eigenvalue weighted by molar-refractivity contribution is -0.459. The summed E-state index contributed by atoms with van der Waals surface area (Å²) in [6, 6.07) is -14.3. The van der Waals surface area contributed by atoms with Crippen molar-refractivity contribution in [2.75, 3.05) is 0 Å². The first kappa shape index (κ1) is 18.1. The lowest BCUT2D eigenvalue weighted by Crippen LogP contribution is -2.68. The van der Waals surface area contributed by atoms with Crippen LogP contribution in [0.15, 0.2) is 0 Å². The van der Waals surface area contributed by atoms with Crippen molar-refractivity contribution in [2.45, 2.75) is 36.5 Å². The second-order valence-corrected chi connectivity index (χ2v) is 3.59. The summed E-state index contributed by atoms with van der Waals surface area (Å²) >= 11 is 0. The SMILES string of the molecule is FC(F)(F)C(F)(F)N1C(F)(F)C(F)(F)OC1(F)C(F)(F)F. The standard InChI is InChI=1S/C6F13NO/c7-1(8,9)3(13,14)20-4(15,16)5(17,18)21-6(20,19)2(10,11)12. The molecule has 126 valence electrons. The van der Waals surface area contributed by atoms with Crippen LogP contribution in [0, 0.1) is 0 Å². The van der Waals surface area contributed by atoms with Crippen LogP contribution in [0.3, 0.4) is 0 Å². The highest BCUT2D eigenvalue weighted by Crippen LogP contribution is 2.62. The number of halogens is 13. The molecule has 0 bridgehead atoms. The van der Waals surface area contributed by atoms with Gasteiger partial charge >= 0.3 is 36.5 Å². The first-order chi connectivity index (χ1) is 8.82. The Morgan fingerprint density at radius 1 is 0.714 bits per heavy atom. The predicted octanol–water partition coefficient (Wildman–Crippen LogP) is 3.84. The highest BCUT2D eigenvalue weighted by molar-refractivity contribution is 5.01. The largest absolute Gasteiger partial charge is 0.469 e. The number of hydrogen-bond donors (Lipinski definition) is 0. The zero-order valence-corrected chi connectivity index (χ0v) is 8.77. The number of alkyl halides is 13. The molecule has 1 aliphatic rings. The lowest BCUT2D eigenvalue weighted by Gasteiger charge is -2.37. The van der Waals surface area contributed by atoms with Crippen molar-refractivity contribution < 1.29 is 61.8 Å². The van der Waals surface area contributed by atoms with E-state index in [-0.39, 0.29) is 0 Å².